The Balaban J connectivity index is 1.64. The van der Waals surface area contributed by atoms with E-state index >= 15 is 0 Å². The SMILES string of the molecule is [2H]c1c([2H])c([2H])c(-c2cc(I)cc(-c3c([2H])c([2H])c([2H])c([2H])c3[2H])c2-n2c3ccccc3c3cc4c(cc32)sc2ccccc24)c([2H])c1[2H]. The van der Waals surface area contributed by atoms with Crippen LogP contribution in [0.15, 0.2) is 133 Å². The molecular weight excluding hydrogens is 605 g/mol. The first kappa shape index (κ1) is 15.0. The number of hydrogen-bond acceptors (Lipinski definition) is 1. The van der Waals surface area contributed by atoms with Crippen LogP contribution in [0.4, 0.5) is 0 Å². The molecule has 0 spiro atoms. The summed E-state index contributed by atoms with van der Waals surface area (Å²) in [6.07, 6.45) is 0. The Bertz CT molecular complexity index is 2600. The minimum absolute atomic E-state index is 0.0537. The van der Waals surface area contributed by atoms with E-state index < -0.39 is 60.4 Å². The number of halogens is 1. The van der Waals surface area contributed by atoms with Crippen LogP contribution >= 0.6 is 33.9 Å². The van der Waals surface area contributed by atoms with Gasteiger partial charge in [-0.25, -0.2) is 0 Å². The zero-order valence-electron chi connectivity index (χ0n) is 30.2. The summed E-state index contributed by atoms with van der Waals surface area (Å²) in [5.41, 5.74) is 2.26. The topological polar surface area (TPSA) is 4.93 Å². The Morgan fingerprint density at radius 1 is 0.564 bits per heavy atom. The molecule has 0 N–H and O–H groups in total. The molecule has 1 nitrogen and oxygen atoms in total. The molecule has 2 heterocycles. The quantitative estimate of drug-likeness (QED) is 0.170. The van der Waals surface area contributed by atoms with Crippen molar-refractivity contribution in [2.45, 2.75) is 0 Å². The first-order valence-electron chi connectivity index (χ1n) is 17.2. The van der Waals surface area contributed by atoms with Gasteiger partial charge in [-0.3, -0.25) is 0 Å². The number of thiophene rings is 1. The summed E-state index contributed by atoms with van der Waals surface area (Å²) in [5.74, 6) is 0. The summed E-state index contributed by atoms with van der Waals surface area (Å²) in [7, 11) is 0. The molecule has 0 bridgehead atoms. The van der Waals surface area contributed by atoms with E-state index in [1.54, 1.807) is 23.5 Å². The van der Waals surface area contributed by atoms with Gasteiger partial charge in [0.1, 0.15) is 0 Å². The van der Waals surface area contributed by atoms with Crippen molar-refractivity contribution in [2.75, 3.05) is 0 Å². The molecule has 0 aliphatic rings. The largest absolute Gasteiger partial charge is 0.308 e. The van der Waals surface area contributed by atoms with Gasteiger partial charge in [-0.15, -0.1) is 11.3 Å². The molecule has 0 aliphatic heterocycles. The lowest BCUT2D eigenvalue weighted by atomic mass is 9.95. The van der Waals surface area contributed by atoms with E-state index in [9.17, 15) is 0 Å². The summed E-state index contributed by atoms with van der Waals surface area (Å²) < 4.78 is 91.1. The van der Waals surface area contributed by atoms with E-state index in [2.05, 4.69) is 46.9 Å². The molecule has 0 atom stereocenters. The molecule has 8 aromatic rings. The van der Waals surface area contributed by atoms with E-state index in [0.717, 1.165) is 42.0 Å². The Morgan fingerprint density at radius 3 is 1.87 bits per heavy atom. The van der Waals surface area contributed by atoms with Crippen LogP contribution in [-0.2, 0) is 0 Å². The Kier molecular flexibility index (Phi) is 3.49. The fourth-order valence-electron chi connectivity index (χ4n) is 5.42. The molecule has 184 valence electrons. The molecule has 0 fully saturated rings. The monoisotopic (exact) mass is 637 g/mol. The second kappa shape index (κ2) is 9.08. The molecule has 0 unspecified atom stereocenters. The number of para-hydroxylation sites is 1. The molecule has 2 aromatic heterocycles. The lowest BCUT2D eigenvalue weighted by Gasteiger charge is -2.20. The minimum Gasteiger partial charge on any atom is -0.308 e. The normalized spacial score (nSPS) is 15.3. The predicted molar refractivity (Wildman–Crippen MR) is 177 cm³/mol. The Hall–Kier alpha value is -3.93. The van der Waals surface area contributed by atoms with E-state index in [-0.39, 0.29) is 22.3 Å². The maximum Gasteiger partial charge on any atom is 0.0629 e. The third kappa shape index (κ3) is 3.64. The van der Waals surface area contributed by atoms with Crippen molar-refractivity contribution in [3.8, 4) is 27.9 Å². The van der Waals surface area contributed by atoms with Gasteiger partial charge >= 0.3 is 0 Å². The Labute approximate surface area is 258 Å². The average Bonchev–Trinajstić information content (AvgIpc) is 3.62. The lowest BCUT2D eigenvalue weighted by molar-refractivity contribution is 1.18. The van der Waals surface area contributed by atoms with Crippen molar-refractivity contribution in [3.63, 3.8) is 0 Å². The number of aromatic nitrogens is 1. The van der Waals surface area contributed by atoms with Gasteiger partial charge in [0.15, 0.2) is 0 Å². The molecule has 0 amide bonds. The number of benzene rings is 6. The first-order chi connectivity index (χ1) is 23.4. The first-order valence-corrected chi connectivity index (χ1v) is 14.1. The van der Waals surface area contributed by atoms with E-state index in [1.807, 2.05) is 41.0 Å². The van der Waals surface area contributed by atoms with E-state index in [4.69, 9.17) is 13.7 Å². The fourth-order valence-corrected chi connectivity index (χ4v) is 7.16. The van der Waals surface area contributed by atoms with Crippen molar-refractivity contribution in [1.82, 2.24) is 4.57 Å². The maximum absolute atomic E-state index is 8.98. The molecule has 0 saturated carbocycles. The molecular formula is C36H22INS. The van der Waals surface area contributed by atoms with E-state index in [1.165, 1.54) is 0 Å². The smallest absolute Gasteiger partial charge is 0.0629 e. The molecule has 0 aliphatic carbocycles. The van der Waals surface area contributed by atoms with Crippen LogP contribution in [0.2, 0.25) is 0 Å². The number of nitrogens with zero attached hydrogens (tertiary/aromatic N) is 1. The Morgan fingerprint density at radius 2 is 1.18 bits per heavy atom. The van der Waals surface area contributed by atoms with Crippen molar-refractivity contribution in [2.24, 2.45) is 0 Å². The van der Waals surface area contributed by atoms with Crippen LogP contribution < -0.4 is 0 Å². The van der Waals surface area contributed by atoms with Gasteiger partial charge < -0.3 is 4.57 Å². The van der Waals surface area contributed by atoms with Crippen LogP contribution in [-0.4, -0.2) is 4.57 Å². The highest BCUT2D eigenvalue weighted by Crippen LogP contribution is 2.44. The van der Waals surface area contributed by atoms with Crippen molar-refractivity contribution >= 4 is 75.9 Å². The summed E-state index contributed by atoms with van der Waals surface area (Å²) in [6.45, 7) is 0. The molecule has 0 radical (unpaired) electrons. The van der Waals surface area contributed by atoms with Gasteiger partial charge in [0.25, 0.3) is 0 Å². The standard InChI is InChI=1S/C36H22INS/c37-25-19-28(23-11-3-1-4-12-23)36(29(20-25)24-13-5-2-6-14-24)38-32-17-9-7-15-26(32)30-21-31-27-16-8-10-18-34(27)39-35(31)22-33(30)38/h1-22H/i1D,2D,3D,4D,5D,6D,11D,12D,13D,14D. The van der Waals surface area contributed by atoms with Gasteiger partial charge in [0, 0.05) is 45.6 Å². The molecule has 8 rings (SSSR count). The number of hydrogen-bond donors (Lipinski definition) is 0. The van der Waals surface area contributed by atoms with Crippen molar-refractivity contribution < 1.29 is 13.7 Å². The van der Waals surface area contributed by atoms with Crippen LogP contribution in [0.25, 0.3) is 69.9 Å². The third-order valence-electron chi connectivity index (χ3n) is 7.01. The highest BCUT2D eigenvalue weighted by Gasteiger charge is 2.21. The number of rotatable bonds is 3. The summed E-state index contributed by atoms with van der Waals surface area (Å²) in [5, 5.41) is 4.00. The van der Waals surface area contributed by atoms with Crippen LogP contribution in [0.1, 0.15) is 13.7 Å². The number of fused-ring (bicyclic) bond motifs is 6. The van der Waals surface area contributed by atoms with Crippen LogP contribution in [0.5, 0.6) is 0 Å². The van der Waals surface area contributed by atoms with E-state index in [0.29, 0.717) is 9.26 Å². The van der Waals surface area contributed by atoms with Gasteiger partial charge in [0.05, 0.1) is 30.4 Å². The fraction of sp³-hybridized carbons (Fsp3) is 0. The zero-order chi connectivity index (χ0) is 34.6. The second-order valence-electron chi connectivity index (χ2n) is 9.17. The minimum atomic E-state index is -0.527. The lowest BCUT2D eigenvalue weighted by Crippen LogP contribution is -2.01. The highest BCUT2D eigenvalue weighted by atomic mass is 127. The van der Waals surface area contributed by atoms with Gasteiger partial charge in [0.2, 0.25) is 0 Å². The molecule has 6 aromatic carbocycles. The average molecular weight is 638 g/mol. The molecule has 39 heavy (non-hydrogen) atoms. The molecule has 3 heteroatoms. The third-order valence-corrected chi connectivity index (χ3v) is 8.76. The van der Waals surface area contributed by atoms with Crippen molar-refractivity contribution in [1.29, 1.82) is 0 Å². The maximum atomic E-state index is 8.98. The van der Waals surface area contributed by atoms with Gasteiger partial charge in [-0.1, -0.05) is 96.8 Å². The summed E-state index contributed by atoms with van der Waals surface area (Å²) >= 11 is 3.69. The van der Waals surface area contributed by atoms with Gasteiger partial charge in [-0.05, 0) is 70.1 Å². The van der Waals surface area contributed by atoms with Crippen molar-refractivity contribution in [3.05, 3.63) is 137 Å². The predicted octanol–water partition coefficient (Wildman–Crippen LogP) is 11.1. The summed E-state index contributed by atoms with van der Waals surface area (Å²) in [6, 6.07) is 18.9. The van der Waals surface area contributed by atoms with Gasteiger partial charge in [-0.2, -0.15) is 0 Å². The zero-order valence-corrected chi connectivity index (χ0v) is 23.1. The highest BCUT2D eigenvalue weighted by molar-refractivity contribution is 14.1. The summed E-state index contributed by atoms with van der Waals surface area (Å²) in [4.78, 5) is 0. The second-order valence-corrected chi connectivity index (χ2v) is 11.5. The van der Waals surface area contributed by atoms with Crippen LogP contribution in [0.3, 0.4) is 0 Å². The molecule has 0 saturated heterocycles. The van der Waals surface area contributed by atoms with Crippen LogP contribution in [0, 0.1) is 3.57 Å².